The molecule has 0 spiro atoms. The van der Waals surface area contributed by atoms with Crippen molar-refractivity contribution in [3.05, 3.63) is 70.3 Å². The molecule has 0 saturated heterocycles. The van der Waals surface area contributed by atoms with E-state index < -0.39 is 18.5 Å². The van der Waals surface area contributed by atoms with E-state index in [0.717, 1.165) is 14.9 Å². The summed E-state index contributed by atoms with van der Waals surface area (Å²) < 4.78 is 7.48. The van der Waals surface area contributed by atoms with Crippen LogP contribution in [0.2, 0.25) is 0 Å². The summed E-state index contributed by atoms with van der Waals surface area (Å²) in [5, 5.41) is 16.0. The summed E-state index contributed by atoms with van der Waals surface area (Å²) in [6, 6.07) is 16.9. The van der Waals surface area contributed by atoms with Gasteiger partial charge in [-0.25, -0.2) is 4.68 Å². The number of esters is 1. The summed E-state index contributed by atoms with van der Waals surface area (Å²) >= 11 is 4.74. The zero-order valence-electron chi connectivity index (χ0n) is 16.0. The van der Waals surface area contributed by atoms with E-state index in [2.05, 4.69) is 26.3 Å². The van der Waals surface area contributed by atoms with Crippen molar-refractivity contribution in [2.24, 2.45) is 0 Å². The quantitative estimate of drug-likeness (QED) is 0.400. The van der Waals surface area contributed by atoms with E-state index in [-0.39, 0.29) is 17.1 Å². The topological polar surface area (TPSA) is 97.0 Å². The third kappa shape index (κ3) is 5.49. The average molecular weight is 485 g/mol. The first-order valence-corrected chi connectivity index (χ1v) is 10.6. The lowest BCUT2D eigenvalue weighted by atomic mass is 10.2. The number of carbonyl (C=O) groups is 2. The number of hydrogen-bond acceptors (Lipinski definition) is 6. The van der Waals surface area contributed by atoms with Gasteiger partial charge >= 0.3 is 5.97 Å². The Bertz CT molecular complexity index is 1110. The molecule has 0 saturated carbocycles. The van der Waals surface area contributed by atoms with Crippen LogP contribution in [0.4, 0.5) is 5.82 Å². The number of halogens is 1. The normalized spacial score (nSPS) is 10.3. The van der Waals surface area contributed by atoms with Gasteiger partial charge in [-0.15, -0.1) is 11.8 Å². The second kappa shape index (κ2) is 10.1. The van der Waals surface area contributed by atoms with E-state index in [1.165, 1.54) is 22.6 Å². The summed E-state index contributed by atoms with van der Waals surface area (Å²) in [6.07, 6.45) is 1.37. The summed E-state index contributed by atoms with van der Waals surface area (Å²) in [5.74, 6) is -0.747. The second-order valence-electron chi connectivity index (χ2n) is 6.17. The molecule has 30 heavy (non-hydrogen) atoms. The number of rotatable bonds is 7. The Morgan fingerprint density at radius 2 is 2.03 bits per heavy atom. The Kier molecular flexibility index (Phi) is 7.27. The van der Waals surface area contributed by atoms with Gasteiger partial charge in [-0.05, 0) is 42.8 Å². The molecule has 3 rings (SSSR count). The lowest BCUT2D eigenvalue weighted by molar-refractivity contribution is -0.144. The van der Waals surface area contributed by atoms with Gasteiger partial charge in [0.05, 0.1) is 17.6 Å². The van der Waals surface area contributed by atoms with Crippen molar-refractivity contribution >= 4 is 45.4 Å². The SMILES string of the molecule is Cc1cc(Br)ccc1SCC(=O)OCC(=O)Nc1c(C#N)cnn1-c1ccccc1. The molecular weight excluding hydrogens is 468 g/mol. The van der Waals surface area contributed by atoms with Crippen molar-refractivity contribution in [1.82, 2.24) is 9.78 Å². The summed E-state index contributed by atoms with van der Waals surface area (Å²) in [7, 11) is 0. The van der Waals surface area contributed by atoms with Gasteiger partial charge in [-0.3, -0.25) is 9.59 Å². The molecule has 1 amide bonds. The number of aromatic nitrogens is 2. The summed E-state index contributed by atoms with van der Waals surface area (Å²) in [6.45, 7) is 1.50. The van der Waals surface area contributed by atoms with Crippen LogP contribution < -0.4 is 5.32 Å². The highest BCUT2D eigenvalue weighted by Crippen LogP contribution is 2.25. The van der Waals surface area contributed by atoms with Crippen LogP contribution in [0, 0.1) is 18.3 Å². The largest absolute Gasteiger partial charge is 0.455 e. The summed E-state index contributed by atoms with van der Waals surface area (Å²) in [5.41, 5.74) is 1.94. The van der Waals surface area contributed by atoms with Gasteiger partial charge in [-0.2, -0.15) is 10.4 Å². The molecule has 3 aromatic rings. The molecule has 1 N–H and O–H groups in total. The van der Waals surface area contributed by atoms with Crippen LogP contribution in [0.3, 0.4) is 0 Å². The maximum Gasteiger partial charge on any atom is 0.316 e. The van der Waals surface area contributed by atoms with Crippen LogP contribution in [0.15, 0.2) is 64.1 Å². The standard InChI is InChI=1S/C21H17BrN4O3S/c1-14-9-16(22)7-8-18(14)30-13-20(28)29-12-19(27)25-21-15(10-23)11-24-26(21)17-5-3-2-4-6-17/h2-9,11H,12-13H2,1H3,(H,25,27). The lowest BCUT2D eigenvalue weighted by Gasteiger charge is -2.10. The molecule has 0 aliphatic heterocycles. The molecule has 0 bridgehead atoms. The van der Waals surface area contributed by atoms with Gasteiger partial charge < -0.3 is 10.1 Å². The number of thioether (sulfide) groups is 1. The van der Waals surface area contributed by atoms with Crippen molar-refractivity contribution in [3.63, 3.8) is 0 Å². The van der Waals surface area contributed by atoms with Crippen LogP contribution >= 0.6 is 27.7 Å². The molecule has 9 heteroatoms. The van der Waals surface area contributed by atoms with Crippen LogP contribution in [-0.4, -0.2) is 34.0 Å². The molecule has 0 unspecified atom stereocenters. The monoisotopic (exact) mass is 484 g/mol. The molecule has 1 heterocycles. The first-order chi connectivity index (χ1) is 14.5. The van der Waals surface area contributed by atoms with E-state index in [1.54, 1.807) is 12.1 Å². The highest BCUT2D eigenvalue weighted by atomic mass is 79.9. The summed E-state index contributed by atoms with van der Waals surface area (Å²) in [4.78, 5) is 25.3. The number of hydrogen-bond donors (Lipinski definition) is 1. The van der Waals surface area contributed by atoms with E-state index in [9.17, 15) is 14.9 Å². The van der Waals surface area contributed by atoms with E-state index in [4.69, 9.17) is 4.74 Å². The lowest BCUT2D eigenvalue weighted by Crippen LogP contribution is -2.23. The number of aryl methyl sites for hydroxylation is 1. The fourth-order valence-electron chi connectivity index (χ4n) is 2.58. The van der Waals surface area contributed by atoms with Crippen molar-refractivity contribution in [3.8, 4) is 11.8 Å². The Balaban J connectivity index is 1.57. The van der Waals surface area contributed by atoms with Gasteiger partial charge in [0, 0.05) is 9.37 Å². The first-order valence-electron chi connectivity index (χ1n) is 8.86. The minimum atomic E-state index is -0.553. The molecular formula is C21H17BrN4O3S. The zero-order chi connectivity index (χ0) is 21.5. The van der Waals surface area contributed by atoms with Crippen LogP contribution in [0.25, 0.3) is 5.69 Å². The number of nitrogens with one attached hydrogen (secondary N) is 1. The molecule has 7 nitrogen and oxygen atoms in total. The molecule has 152 valence electrons. The third-order valence-electron chi connectivity index (χ3n) is 4.00. The predicted molar refractivity (Wildman–Crippen MR) is 117 cm³/mol. The van der Waals surface area contributed by atoms with E-state index in [1.807, 2.05) is 49.4 Å². The van der Waals surface area contributed by atoms with Gasteiger partial charge in [0.25, 0.3) is 5.91 Å². The fraction of sp³-hybridized carbons (Fsp3) is 0.143. The first kappa shape index (κ1) is 21.6. The molecule has 2 aromatic carbocycles. The van der Waals surface area contributed by atoms with Crippen molar-refractivity contribution < 1.29 is 14.3 Å². The maximum atomic E-state index is 12.3. The number of carbonyl (C=O) groups excluding carboxylic acids is 2. The minimum absolute atomic E-state index is 0.0845. The second-order valence-corrected chi connectivity index (χ2v) is 8.11. The Morgan fingerprint density at radius 3 is 2.73 bits per heavy atom. The molecule has 0 fully saturated rings. The number of benzene rings is 2. The maximum absolute atomic E-state index is 12.3. The molecule has 0 atom stereocenters. The highest BCUT2D eigenvalue weighted by molar-refractivity contribution is 9.10. The Labute approximate surface area is 186 Å². The van der Waals surface area contributed by atoms with Crippen LogP contribution in [0.1, 0.15) is 11.1 Å². The van der Waals surface area contributed by atoms with Gasteiger partial charge in [0.2, 0.25) is 0 Å². The van der Waals surface area contributed by atoms with E-state index in [0.29, 0.717) is 5.69 Å². The van der Waals surface area contributed by atoms with Crippen LogP contribution in [0.5, 0.6) is 0 Å². The van der Waals surface area contributed by atoms with Crippen molar-refractivity contribution in [1.29, 1.82) is 5.26 Å². The van der Waals surface area contributed by atoms with Crippen LogP contribution in [-0.2, 0) is 14.3 Å². The average Bonchev–Trinajstić information content (AvgIpc) is 3.14. The number of para-hydroxylation sites is 1. The highest BCUT2D eigenvalue weighted by Gasteiger charge is 2.16. The number of anilines is 1. The predicted octanol–water partition coefficient (Wildman–Crippen LogP) is 4.09. The Morgan fingerprint density at radius 1 is 1.27 bits per heavy atom. The number of nitriles is 1. The molecule has 0 radical (unpaired) electrons. The smallest absolute Gasteiger partial charge is 0.316 e. The molecule has 0 aliphatic rings. The Hall–Kier alpha value is -3.09. The van der Waals surface area contributed by atoms with Gasteiger partial charge in [0.1, 0.15) is 11.6 Å². The number of ether oxygens (including phenoxy) is 1. The molecule has 0 aliphatic carbocycles. The van der Waals surface area contributed by atoms with Crippen molar-refractivity contribution in [2.75, 3.05) is 17.7 Å². The van der Waals surface area contributed by atoms with Crippen molar-refractivity contribution in [2.45, 2.75) is 11.8 Å². The number of amides is 1. The van der Waals surface area contributed by atoms with Gasteiger partial charge in [-0.1, -0.05) is 34.1 Å². The third-order valence-corrected chi connectivity index (χ3v) is 5.64. The van der Waals surface area contributed by atoms with E-state index >= 15 is 0 Å². The molecule has 1 aromatic heterocycles. The number of nitrogens with zero attached hydrogens (tertiary/aromatic N) is 3. The van der Waals surface area contributed by atoms with Gasteiger partial charge in [0.15, 0.2) is 12.4 Å². The fourth-order valence-corrected chi connectivity index (χ4v) is 3.87. The minimum Gasteiger partial charge on any atom is -0.455 e. The zero-order valence-corrected chi connectivity index (χ0v) is 18.4.